The van der Waals surface area contributed by atoms with Gasteiger partial charge in [-0.2, -0.15) is 0 Å². The van der Waals surface area contributed by atoms with Gasteiger partial charge in [0.05, 0.1) is 17.7 Å². The van der Waals surface area contributed by atoms with Crippen molar-refractivity contribution in [1.82, 2.24) is 4.57 Å². The minimum Gasteiger partial charge on any atom is -0.506 e. The summed E-state index contributed by atoms with van der Waals surface area (Å²) in [6, 6.07) is 12.9. The minimum absolute atomic E-state index is 0.266. The number of nitrogens with one attached hydrogen (secondary N) is 1. The van der Waals surface area contributed by atoms with E-state index in [0.717, 1.165) is 0 Å². The third kappa shape index (κ3) is 3.46. The SMILES string of the molecule is CCOC(=O)c1ccc(NC(=O)c2c(O)c3ccccc3n(CC)c2=O)cc1. The molecule has 1 amide bonds. The maximum Gasteiger partial charge on any atom is 0.338 e. The highest BCUT2D eigenvalue weighted by atomic mass is 16.5. The summed E-state index contributed by atoms with van der Waals surface area (Å²) in [7, 11) is 0. The molecule has 1 aromatic heterocycles. The molecule has 0 atom stereocenters. The standard InChI is InChI=1S/C21H20N2O5/c1-3-23-16-8-6-5-7-15(16)18(24)17(20(23)26)19(25)22-14-11-9-13(10-12-14)21(27)28-4-2/h5-12,24H,3-4H2,1-2H3,(H,22,25). The van der Waals surface area contributed by atoms with E-state index in [2.05, 4.69) is 5.32 Å². The van der Waals surface area contributed by atoms with Crippen LogP contribution in [-0.2, 0) is 11.3 Å². The quantitative estimate of drug-likeness (QED) is 0.663. The number of carbonyl (C=O) groups excluding carboxylic acids is 2. The van der Waals surface area contributed by atoms with Gasteiger partial charge in [-0.05, 0) is 50.2 Å². The summed E-state index contributed by atoms with van der Waals surface area (Å²) in [6.07, 6.45) is 0. The lowest BCUT2D eigenvalue weighted by molar-refractivity contribution is 0.0526. The Kier molecular flexibility index (Phi) is 5.44. The molecule has 0 aliphatic rings. The lowest BCUT2D eigenvalue weighted by Crippen LogP contribution is -2.29. The van der Waals surface area contributed by atoms with E-state index in [-0.39, 0.29) is 17.9 Å². The summed E-state index contributed by atoms with van der Waals surface area (Å²) in [4.78, 5) is 37.2. The maximum absolute atomic E-state index is 12.8. The molecule has 2 N–H and O–H groups in total. The van der Waals surface area contributed by atoms with Crippen LogP contribution >= 0.6 is 0 Å². The second-order valence-corrected chi connectivity index (χ2v) is 6.04. The number of anilines is 1. The van der Waals surface area contributed by atoms with Crippen molar-refractivity contribution >= 4 is 28.5 Å². The highest BCUT2D eigenvalue weighted by Crippen LogP contribution is 2.26. The number of esters is 1. The van der Waals surface area contributed by atoms with E-state index in [1.807, 2.05) is 0 Å². The molecule has 7 nitrogen and oxygen atoms in total. The van der Waals surface area contributed by atoms with E-state index in [1.165, 1.54) is 28.8 Å². The lowest BCUT2D eigenvalue weighted by Gasteiger charge is -2.13. The van der Waals surface area contributed by atoms with Crippen LogP contribution in [0, 0.1) is 0 Å². The average Bonchev–Trinajstić information content (AvgIpc) is 2.69. The highest BCUT2D eigenvalue weighted by molar-refractivity contribution is 6.09. The number of amides is 1. The Bertz CT molecular complexity index is 1100. The van der Waals surface area contributed by atoms with Gasteiger partial charge in [0.15, 0.2) is 0 Å². The second-order valence-electron chi connectivity index (χ2n) is 6.04. The molecule has 0 radical (unpaired) electrons. The van der Waals surface area contributed by atoms with E-state index in [4.69, 9.17) is 4.74 Å². The van der Waals surface area contributed by atoms with Gasteiger partial charge >= 0.3 is 5.97 Å². The summed E-state index contributed by atoms with van der Waals surface area (Å²) in [5, 5.41) is 13.6. The number of aryl methyl sites for hydroxylation is 1. The number of hydrogen-bond acceptors (Lipinski definition) is 5. The molecular weight excluding hydrogens is 360 g/mol. The first kappa shape index (κ1) is 19.2. The van der Waals surface area contributed by atoms with Crippen molar-refractivity contribution in [2.24, 2.45) is 0 Å². The molecule has 0 spiro atoms. The molecule has 0 fully saturated rings. The number of para-hydroxylation sites is 1. The molecule has 144 valence electrons. The Morgan fingerprint density at radius 1 is 1.07 bits per heavy atom. The largest absolute Gasteiger partial charge is 0.506 e. The zero-order valence-electron chi connectivity index (χ0n) is 15.6. The zero-order valence-corrected chi connectivity index (χ0v) is 15.6. The van der Waals surface area contributed by atoms with E-state index in [0.29, 0.717) is 28.7 Å². The third-order valence-corrected chi connectivity index (χ3v) is 4.34. The number of rotatable bonds is 5. The smallest absolute Gasteiger partial charge is 0.338 e. The van der Waals surface area contributed by atoms with Crippen LogP contribution in [0.1, 0.15) is 34.6 Å². The number of hydrogen-bond donors (Lipinski definition) is 2. The van der Waals surface area contributed by atoms with Crippen molar-refractivity contribution in [3.8, 4) is 5.75 Å². The predicted octanol–water partition coefficient (Wildman–Crippen LogP) is 3.16. The molecule has 2 aromatic carbocycles. The van der Waals surface area contributed by atoms with Crippen LogP contribution in [0.3, 0.4) is 0 Å². The summed E-state index contributed by atoms with van der Waals surface area (Å²) in [5.41, 5.74) is 0.395. The van der Waals surface area contributed by atoms with Crippen LogP contribution in [0.25, 0.3) is 10.9 Å². The van der Waals surface area contributed by atoms with Crippen LogP contribution in [-0.4, -0.2) is 28.2 Å². The molecule has 28 heavy (non-hydrogen) atoms. The fourth-order valence-corrected chi connectivity index (χ4v) is 3.01. The number of pyridine rings is 1. The van der Waals surface area contributed by atoms with Gasteiger partial charge in [0, 0.05) is 17.6 Å². The van der Waals surface area contributed by atoms with E-state index >= 15 is 0 Å². The Balaban J connectivity index is 1.96. The van der Waals surface area contributed by atoms with Crippen molar-refractivity contribution in [2.75, 3.05) is 11.9 Å². The molecule has 1 heterocycles. The van der Waals surface area contributed by atoms with Gasteiger partial charge in [0.25, 0.3) is 11.5 Å². The van der Waals surface area contributed by atoms with E-state index in [9.17, 15) is 19.5 Å². The van der Waals surface area contributed by atoms with Gasteiger partial charge in [-0.15, -0.1) is 0 Å². The minimum atomic E-state index is -0.723. The van der Waals surface area contributed by atoms with Crippen LogP contribution in [0.4, 0.5) is 5.69 Å². The number of fused-ring (bicyclic) bond motifs is 1. The summed E-state index contributed by atoms with van der Waals surface area (Å²) in [5.74, 6) is -1.54. The molecule has 0 saturated carbocycles. The fourth-order valence-electron chi connectivity index (χ4n) is 3.01. The van der Waals surface area contributed by atoms with Gasteiger partial charge in [0.2, 0.25) is 0 Å². The number of ether oxygens (including phenoxy) is 1. The Morgan fingerprint density at radius 2 is 1.75 bits per heavy atom. The van der Waals surface area contributed by atoms with Gasteiger partial charge in [-0.3, -0.25) is 9.59 Å². The summed E-state index contributed by atoms with van der Waals surface area (Å²) >= 11 is 0. The number of benzene rings is 2. The predicted molar refractivity (Wildman–Crippen MR) is 106 cm³/mol. The van der Waals surface area contributed by atoms with Gasteiger partial charge in [0.1, 0.15) is 11.3 Å². The van der Waals surface area contributed by atoms with Gasteiger partial charge in [-0.25, -0.2) is 4.79 Å². The summed E-state index contributed by atoms with van der Waals surface area (Å²) < 4.78 is 6.35. The van der Waals surface area contributed by atoms with Crippen LogP contribution in [0.15, 0.2) is 53.3 Å². The topological polar surface area (TPSA) is 97.6 Å². The molecule has 0 unspecified atom stereocenters. The molecule has 0 aliphatic carbocycles. The van der Waals surface area contributed by atoms with Gasteiger partial charge in [-0.1, -0.05) is 12.1 Å². The Morgan fingerprint density at radius 3 is 2.39 bits per heavy atom. The van der Waals surface area contributed by atoms with Crippen LogP contribution < -0.4 is 10.9 Å². The zero-order chi connectivity index (χ0) is 20.3. The number of aromatic hydroxyl groups is 1. The first-order valence-corrected chi connectivity index (χ1v) is 8.91. The molecule has 3 rings (SSSR count). The van der Waals surface area contributed by atoms with E-state index < -0.39 is 17.4 Å². The second kappa shape index (κ2) is 7.96. The first-order chi connectivity index (χ1) is 13.5. The van der Waals surface area contributed by atoms with Gasteiger partial charge < -0.3 is 19.7 Å². The Labute approximate surface area is 161 Å². The third-order valence-electron chi connectivity index (χ3n) is 4.34. The number of carbonyl (C=O) groups is 2. The average molecular weight is 380 g/mol. The first-order valence-electron chi connectivity index (χ1n) is 8.91. The van der Waals surface area contributed by atoms with Crippen LogP contribution in [0.5, 0.6) is 5.75 Å². The number of aromatic nitrogens is 1. The van der Waals surface area contributed by atoms with Crippen LogP contribution in [0.2, 0.25) is 0 Å². The molecule has 3 aromatic rings. The molecule has 7 heteroatoms. The normalized spacial score (nSPS) is 10.6. The fraction of sp³-hybridized carbons (Fsp3) is 0.190. The van der Waals surface area contributed by atoms with Crippen molar-refractivity contribution in [3.05, 3.63) is 70.0 Å². The highest BCUT2D eigenvalue weighted by Gasteiger charge is 2.22. The molecule has 0 bridgehead atoms. The molecular formula is C21H20N2O5. The number of nitrogens with zero attached hydrogens (tertiary/aromatic N) is 1. The van der Waals surface area contributed by atoms with E-state index in [1.54, 1.807) is 38.1 Å². The monoisotopic (exact) mass is 380 g/mol. The van der Waals surface area contributed by atoms with Crippen molar-refractivity contribution < 1.29 is 19.4 Å². The maximum atomic E-state index is 12.8. The van der Waals surface area contributed by atoms with Crippen molar-refractivity contribution in [2.45, 2.75) is 20.4 Å². The van der Waals surface area contributed by atoms with Crippen molar-refractivity contribution in [3.63, 3.8) is 0 Å². The lowest BCUT2D eigenvalue weighted by atomic mass is 10.1. The molecule has 0 saturated heterocycles. The van der Waals surface area contributed by atoms with Crippen molar-refractivity contribution in [1.29, 1.82) is 0 Å². The summed E-state index contributed by atoms with van der Waals surface area (Å²) in [6.45, 7) is 4.13. The molecule has 0 aliphatic heterocycles. The Hall–Kier alpha value is -3.61.